The first-order valence-corrected chi connectivity index (χ1v) is 7.74. The largest absolute Gasteiger partial charge is 0.459 e. The van der Waals surface area contributed by atoms with Gasteiger partial charge in [0.15, 0.2) is 0 Å². The summed E-state index contributed by atoms with van der Waals surface area (Å²) in [6.07, 6.45) is 4.89. The number of carbonyl (C=O) groups excluding carboxylic acids is 1. The van der Waals surface area contributed by atoms with Gasteiger partial charge >= 0.3 is 5.97 Å². The van der Waals surface area contributed by atoms with Crippen molar-refractivity contribution in [2.24, 2.45) is 5.92 Å². The highest BCUT2D eigenvalue weighted by molar-refractivity contribution is 5.89. The van der Waals surface area contributed by atoms with Gasteiger partial charge in [-0.2, -0.15) is 0 Å². The molecule has 5 nitrogen and oxygen atoms in total. The molecule has 114 valence electrons. The van der Waals surface area contributed by atoms with Crippen LogP contribution in [0.1, 0.15) is 36.5 Å². The van der Waals surface area contributed by atoms with E-state index in [2.05, 4.69) is 9.88 Å². The molecule has 3 heterocycles. The molecular weight excluding hydrogens is 268 g/mol. The summed E-state index contributed by atoms with van der Waals surface area (Å²) in [5.41, 5.74) is 0.517. The summed E-state index contributed by atoms with van der Waals surface area (Å²) < 4.78 is 10.8. The summed E-state index contributed by atoms with van der Waals surface area (Å²) in [7, 11) is 0. The van der Waals surface area contributed by atoms with E-state index in [0.717, 1.165) is 31.9 Å². The van der Waals surface area contributed by atoms with Crippen molar-refractivity contribution < 1.29 is 14.3 Å². The van der Waals surface area contributed by atoms with Crippen LogP contribution in [0.15, 0.2) is 18.3 Å². The second-order valence-electron chi connectivity index (χ2n) is 5.83. The van der Waals surface area contributed by atoms with Crippen LogP contribution in [0.4, 0.5) is 5.82 Å². The van der Waals surface area contributed by atoms with Crippen molar-refractivity contribution in [2.75, 3.05) is 31.2 Å². The molecule has 0 N–H and O–H groups in total. The zero-order valence-electron chi connectivity index (χ0n) is 12.5. The van der Waals surface area contributed by atoms with Crippen molar-refractivity contribution in [2.45, 2.75) is 32.3 Å². The van der Waals surface area contributed by atoms with E-state index in [4.69, 9.17) is 9.47 Å². The monoisotopic (exact) mass is 290 g/mol. The fraction of sp³-hybridized carbons (Fsp3) is 0.625. The first-order chi connectivity index (χ1) is 10.2. The lowest BCUT2D eigenvalue weighted by Gasteiger charge is -2.19. The Hall–Kier alpha value is -1.62. The van der Waals surface area contributed by atoms with Crippen LogP contribution in [0, 0.1) is 5.92 Å². The van der Waals surface area contributed by atoms with Gasteiger partial charge in [-0.15, -0.1) is 0 Å². The van der Waals surface area contributed by atoms with E-state index < -0.39 is 0 Å². The smallest absolute Gasteiger partial charge is 0.339 e. The third-order valence-electron chi connectivity index (χ3n) is 4.34. The second kappa shape index (κ2) is 6.43. The molecule has 0 amide bonds. The molecule has 2 saturated heterocycles. The minimum atomic E-state index is -0.296. The van der Waals surface area contributed by atoms with Crippen LogP contribution < -0.4 is 4.90 Å². The minimum Gasteiger partial charge on any atom is -0.459 e. The number of nitrogens with zero attached hydrogens (tertiary/aromatic N) is 2. The maximum absolute atomic E-state index is 12.1. The summed E-state index contributed by atoms with van der Waals surface area (Å²) >= 11 is 0. The van der Waals surface area contributed by atoms with Gasteiger partial charge in [0.05, 0.1) is 12.2 Å². The van der Waals surface area contributed by atoms with Gasteiger partial charge in [0.2, 0.25) is 0 Å². The maximum Gasteiger partial charge on any atom is 0.339 e. The van der Waals surface area contributed by atoms with Crippen molar-refractivity contribution >= 4 is 11.8 Å². The Balaban J connectivity index is 1.59. The second-order valence-corrected chi connectivity index (χ2v) is 5.83. The van der Waals surface area contributed by atoms with E-state index in [1.165, 1.54) is 12.8 Å². The van der Waals surface area contributed by atoms with Gasteiger partial charge in [0.1, 0.15) is 11.9 Å². The average molecular weight is 290 g/mol. The van der Waals surface area contributed by atoms with Gasteiger partial charge in [0.25, 0.3) is 0 Å². The number of aromatic nitrogens is 1. The number of ether oxygens (including phenoxy) is 2. The zero-order valence-corrected chi connectivity index (χ0v) is 12.5. The fourth-order valence-electron chi connectivity index (χ4n) is 2.90. The third kappa shape index (κ3) is 3.35. The highest BCUT2D eigenvalue weighted by atomic mass is 16.5. The lowest BCUT2D eigenvalue weighted by Crippen LogP contribution is -2.24. The van der Waals surface area contributed by atoms with Crippen LogP contribution in [0.3, 0.4) is 0 Å². The van der Waals surface area contributed by atoms with Gasteiger partial charge in [-0.3, -0.25) is 0 Å². The van der Waals surface area contributed by atoms with Crippen LogP contribution >= 0.6 is 0 Å². The summed E-state index contributed by atoms with van der Waals surface area (Å²) in [4.78, 5) is 18.8. The number of pyridine rings is 1. The number of anilines is 1. The Morgan fingerprint density at radius 1 is 1.43 bits per heavy atom. The van der Waals surface area contributed by atoms with Gasteiger partial charge in [-0.1, -0.05) is 0 Å². The number of rotatable bonds is 4. The van der Waals surface area contributed by atoms with Crippen molar-refractivity contribution in [3.05, 3.63) is 23.9 Å². The highest BCUT2D eigenvalue weighted by Gasteiger charge is 2.25. The quantitative estimate of drug-likeness (QED) is 0.796. The molecular formula is C16H22N2O3. The molecule has 0 aromatic carbocycles. The molecule has 0 spiro atoms. The maximum atomic E-state index is 12.1. The molecule has 5 heteroatoms. The van der Waals surface area contributed by atoms with Crippen LogP contribution in [0.25, 0.3) is 0 Å². The predicted octanol–water partition coefficient (Wildman–Crippen LogP) is 2.26. The molecule has 2 fully saturated rings. The van der Waals surface area contributed by atoms with Gasteiger partial charge in [0, 0.05) is 31.8 Å². The summed E-state index contributed by atoms with van der Waals surface area (Å²) in [5.74, 6) is 0.960. The lowest BCUT2D eigenvalue weighted by molar-refractivity contribution is 0.0179. The number of hydrogen-bond acceptors (Lipinski definition) is 5. The lowest BCUT2D eigenvalue weighted by atomic mass is 10.0. The normalized spacial score (nSPS) is 23.3. The zero-order chi connectivity index (χ0) is 14.7. The van der Waals surface area contributed by atoms with Crippen molar-refractivity contribution in [3.63, 3.8) is 0 Å². The fourth-order valence-corrected chi connectivity index (χ4v) is 2.90. The van der Waals surface area contributed by atoms with E-state index in [1.807, 2.05) is 13.0 Å². The van der Waals surface area contributed by atoms with Crippen molar-refractivity contribution in [1.29, 1.82) is 0 Å². The van der Waals surface area contributed by atoms with Crippen LogP contribution in [0.2, 0.25) is 0 Å². The molecule has 2 unspecified atom stereocenters. The number of hydrogen-bond donors (Lipinski definition) is 0. The molecule has 0 bridgehead atoms. The van der Waals surface area contributed by atoms with E-state index in [9.17, 15) is 4.79 Å². The highest BCUT2D eigenvalue weighted by Crippen LogP contribution is 2.21. The van der Waals surface area contributed by atoms with Crippen LogP contribution in [0.5, 0.6) is 0 Å². The van der Waals surface area contributed by atoms with Crippen molar-refractivity contribution in [3.8, 4) is 0 Å². The average Bonchev–Trinajstić information content (AvgIpc) is 3.20. The first-order valence-electron chi connectivity index (χ1n) is 7.74. The molecule has 2 aliphatic heterocycles. The summed E-state index contributed by atoms with van der Waals surface area (Å²) in [6, 6.07) is 3.71. The number of carbonyl (C=O) groups is 1. The van der Waals surface area contributed by atoms with E-state index >= 15 is 0 Å². The summed E-state index contributed by atoms with van der Waals surface area (Å²) in [6.45, 7) is 5.48. The molecule has 0 saturated carbocycles. The third-order valence-corrected chi connectivity index (χ3v) is 4.34. The van der Waals surface area contributed by atoms with Crippen LogP contribution in [-0.4, -0.2) is 43.4 Å². The SMILES string of the molecule is CC(OC(=O)c1ccc(N2CCCC2)nc1)C1CCOC1. The van der Waals surface area contributed by atoms with Gasteiger partial charge < -0.3 is 14.4 Å². The Bertz CT molecular complexity index is 477. The minimum absolute atomic E-state index is 0.113. The predicted molar refractivity (Wildman–Crippen MR) is 79.5 cm³/mol. The van der Waals surface area contributed by atoms with Gasteiger partial charge in [-0.25, -0.2) is 9.78 Å². The Kier molecular flexibility index (Phi) is 4.39. The van der Waals surface area contributed by atoms with Crippen molar-refractivity contribution in [1.82, 2.24) is 4.98 Å². The van der Waals surface area contributed by atoms with E-state index in [1.54, 1.807) is 12.3 Å². The van der Waals surface area contributed by atoms with E-state index in [0.29, 0.717) is 18.1 Å². The van der Waals surface area contributed by atoms with E-state index in [-0.39, 0.29) is 12.1 Å². The first kappa shape index (κ1) is 14.3. The molecule has 2 atom stereocenters. The standard InChI is InChI=1S/C16H22N2O3/c1-12(14-6-9-20-11-14)21-16(19)13-4-5-15(17-10-13)18-7-2-3-8-18/h4-5,10,12,14H,2-3,6-9,11H2,1H3. The summed E-state index contributed by atoms with van der Waals surface area (Å²) in [5, 5.41) is 0. The molecule has 3 rings (SSSR count). The molecule has 1 aromatic rings. The molecule has 21 heavy (non-hydrogen) atoms. The Morgan fingerprint density at radius 3 is 2.86 bits per heavy atom. The molecule has 1 aromatic heterocycles. The molecule has 0 aliphatic carbocycles. The molecule has 0 radical (unpaired) electrons. The Labute approximate surface area is 125 Å². The Morgan fingerprint density at radius 2 is 2.24 bits per heavy atom. The van der Waals surface area contributed by atoms with Crippen LogP contribution in [-0.2, 0) is 9.47 Å². The molecule has 2 aliphatic rings. The number of esters is 1. The van der Waals surface area contributed by atoms with Gasteiger partial charge in [-0.05, 0) is 38.3 Å². The topological polar surface area (TPSA) is 51.7 Å².